The smallest absolute Gasteiger partial charge is 0.267 e. The van der Waals surface area contributed by atoms with Crippen LogP contribution >= 0.6 is 11.6 Å². The van der Waals surface area contributed by atoms with Gasteiger partial charge in [0, 0.05) is 17.1 Å². The van der Waals surface area contributed by atoms with Gasteiger partial charge in [0.15, 0.2) is 0 Å². The van der Waals surface area contributed by atoms with Crippen LogP contribution in [0, 0.1) is 12.7 Å². The van der Waals surface area contributed by atoms with Gasteiger partial charge in [-0.1, -0.05) is 11.6 Å². The molecule has 1 atom stereocenters. The van der Waals surface area contributed by atoms with E-state index in [1.165, 1.54) is 0 Å². The average molecular weight is 411 g/mol. The van der Waals surface area contributed by atoms with E-state index in [2.05, 4.69) is 5.32 Å². The van der Waals surface area contributed by atoms with Crippen molar-refractivity contribution in [1.29, 1.82) is 0 Å². The average Bonchev–Trinajstić information content (AvgIpc) is 3.00. The highest BCUT2D eigenvalue weighted by atomic mass is 35.5. The van der Waals surface area contributed by atoms with E-state index in [9.17, 15) is 22.4 Å². The molecular weight excluding hydrogens is 395 g/mol. The summed E-state index contributed by atoms with van der Waals surface area (Å²) in [7, 11) is -4.27. The monoisotopic (exact) mass is 410 g/mol. The van der Waals surface area contributed by atoms with E-state index in [0.29, 0.717) is 20.6 Å². The Morgan fingerprint density at radius 2 is 1.89 bits per heavy atom. The predicted octanol–water partition coefficient (Wildman–Crippen LogP) is 3.11. The number of carbonyl (C=O) groups excluding carboxylic acids is 2. The number of benzene rings is 2. The third kappa shape index (κ3) is 3.81. The lowest BCUT2D eigenvalue weighted by atomic mass is 10.1. The Morgan fingerprint density at radius 3 is 2.52 bits per heavy atom. The Labute approximate surface area is 161 Å². The fraction of sp³-hybridized carbons (Fsp3) is 0.222. The summed E-state index contributed by atoms with van der Waals surface area (Å²) in [5, 5.41) is 3.15. The molecule has 2 aromatic carbocycles. The molecule has 2 amide bonds. The zero-order valence-electron chi connectivity index (χ0n) is 14.3. The van der Waals surface area contributed by atoms with Crippen molar-refractivity contribution in [3.8, 4) is 0 Å². The Bertz CT molecular complexity index is 1010. The largest absolute Gasteiger partial charge is 0.324 e. The van der Waals surface area contributed by atoms with Gasteiger partial charge in [0.1, 0.15) is 11.9 Å². The van der Waals surface area contributed by atoms with Crippen molar-refractivity contribution in [2.45, 2.75) is 30.7 Å². The van der Waals surface area contributed by atoms with Crippen LogP contribution in [-0.2, 0) is 19.6 Å². The first-order valence-corrected chi connectivity index (χ1v) is 9.92. The number of rotatable bonds is 4. The van der Waals surface area contributed by atoms with Gasteiger partial charge < -0.3 is 5.32 Å². The fourth-order valence-electron chi connectivity index (χ4n) is 2.90. The van der Waals surface area contributed by atoms with Gasteiger partial charge in [-0.25, -0.2) is 17.1 Å². The summed E-state index contributed by atoms with van der Waals surface area (Å²) in [5.41, 5.74) is 1.18. The van der Waals surface area contributed by atoms with Crippen LogP contribution < -0.4 is 5.32 Å². The Morgan fingerprint density at radius 1 is 1.22 bits per heavy atom. The van der Waals surface area contributed by atoms with Crippen LogP contribution in [0.2, 0.25) is 5.02 Å². The zero-order valence-corrected chi connectivity index (χ0v) is 15.8. The maximum Gasteiger partial charge on any atom is 0.267 e. The molecule has 1 aliphatic heterocycles. The topological polar surface area (TPSA) is 83.6 Å². The molecule has 142 valence electrons. The molecule has 9 heteroatoms. The van der Waals surface area contributed by atoms with E-state index in [4.69, 9.17) is 11.6 Å². The predicted molar refractivity (Wildman–Crippen MR) is 98.3 cm³/mol. The third-order valence-electron chi connectivity index (χ3n) is 4.28. The molecule has 0 aromatic heterocycles. The number of sulfonamides is 1. The highest BCUT2D eigenvalue weighted by Gasteiger charge is 2.44. The molecule has 0 unspecified atom stereocenters. The second-order valence-corrected chi connectivity index (χ2v) is 8.40. The number of amides is 2. The van der Waals surface area contributed by atoms with Crippen LogP contribution in [-0.4, -0.2) is 30.6 Å². The van der Waals surface area contributed by atoms with Gasteiger partial charge >= 0.3 is 0 Å². The Balaban J connectivity index is 1.89. The van der Waals surface area contributed by atoms with E-state index >= 15 is 0 Å². The van der Waals surface area contributed by atoms with Crippen LogP contribution in [0.4, 0.5) is 10.1 Å². The summed E-state index contributed by atoms with van der Waals surface area (Å²) in [6, 6.07) is 7.77. The number of anilines is 1. The van der Waals surface area contributed by atoms with Gasteiger partial charge in [-0.2, -0.15) is 0 Å². The van der Waals surface area contributed by atoms with Crippen LogP contribution in [0.15, 0.2) is 47.4 Å². The summed E-state index contributed by atoms with van der Waals surface area (Å²) < 4.78 is 39.3. The molecule has 27 heavy (non-hydrogen) atoms. The molecule has 3 rings (SSSR count). The lowest BCUT2D eigenvalue weighted by molar-refractivity contribution is -0.128. The number of carbonyl (C=O) groups is 2. The molecule has 1 fully saturated rings. The Hall–Kier alpha value is -2.45. The van der Waals surface area contributed by atoms with Gasteiger partial charge in [0.25, 0.3) is 10.0 Å². The molecule has 0 aliphatic carbocycles. The van der Waals surface area contributed by atoms with Gasteiger partial charge in [0.2, 0.25) is 11.8 Å². The minimum atomic E-state index is -4.27. The molecule has 2 aromatic rings. The second kappa shape index (κ2) is 7.28. The molecule has 1 aliphatic rings. The molecule has 1 N–H and O–H groups in total. The second-order valence-electron chi connectivity index (χ2n) is 6.15. The van der Waals surface area contributed by atoms with Gasteiger partial charge in [-0.05, 0) is 61.4 Å². The molecule has 1 saturated heterocycles. The van der Waals surface area contributed by atoms with Crippen molar-refractivity contribution in [2.24, 2.45) is 0 Å². The number of nitrogens with one attached hydrogen (secondary N) is 1. The van der Waals surface area contributed by atoms with Gasteiger partial charge in [-0.3, -0.25) is 9.59 Å². The van der Waals surface area contributed by atoms with Crippen LogP contribution in [0.25, 0.3) is 0 Å². The normalized spacial score (nSPS) is 17.2. The summed E-state index contributed by atoms with van der Waals surface area (Å²) >= 11 is 5.89. The molecule has 0 saturated carbocycles. The SMILES string of the molecule is Cc1cc(Cl)ccc1NC(=O)[C@H]1CCC(=O)N1S(=O)(=O)c1ccc(F)cc1. The zero-order chi connectivity index (χ0) is 19.8. The van der Waals surface area contributed by atoms with Crippen molar-refractivity contribution in [3.05, 3.63) is 58.9 Å². The number of hydrogen-bond donors (Lipinski definition) is 1. The molecule has 6 nitrogen and oxygen atoms in total. The van der Waals surface area contributed by atoms with E-state index < -0.39 is 33.7 Å². The quantitative estimate of drug-likeness (QED) is 0.839. The van der Waals surface area contributed by atoms with Gasteiger partial charge in [-0.15, -0.1) is 0 Å². The standard InChI is InChI=1S/C18H16ClFN2O4S/c1-11-10-12(19)2-7-15(11)21-18(24)16-8-9-17(23)22(16)27(25,26)14-5-3-13(20)4-6-14/h2-7,10,16H,8-9H2,1H3,(H,21,24)/t16-/m1/s1. The summed E-state index contributed by atoms with van der Waals surface area (Å²) in [5.74, 6) is -1.89. The van der Waals surface area contributed by atoms with Crippen LogP contribution in [0.1, 0.15) is 18.4 Å². The summed E-state index contributed by atoms with van der Waals surface area (Å²) in [6.45, 7) is 1.74. The minimum Gasteiger partial charge on any atom is -0.324 e. The Kier molecular flexibility index (Phi) is 5.21. The molecule has 0 spiro atoms. The highest BCUT2D eigenvalue weighted by Crippen LogP contribution is 2.29. The number of halogens is 2. The third-order valence-corrected chi connectivity index (χ3v) is 6.36. The molecule has 0 bridgehead atoms. The van der Waals surface area contributed by atoms with E-state index in [1.807, 2.05) is 0 Å². The van der Waals surface area contributed by atoms with Crippen LogP contribution in [0.5, 0.6) is 0 Å². The maximum absolute atomic E-state index is 13.1. The van der Waals surface area contributed by atoms with E-state index in [-0.39, 0.29) is 17.7 Å². The fourth-order valence-corrected chi connectivity index (χ4v) is 4.73. The van der Waals surface area contributed by atoms with Crippen molar-refractivity contribution < 1.29 is 22.4 Å². The number of aryl methyl sites for hydroxylation is 1. The van der Waals surface area contributed by atoms with E-state index in [0.717, 1.165) is 24.3 Å². The molecular formula is C18H16ClFN2O4S. The first kappa shape index (κ1) is 19.3. The van der Waals surface area contributed by atoms with Gasteiger partial charge in [0.05, 0.1) is 4.90 Å². The summed E-state index contributed by atoms with van der Waals surface area (Å²) in [6.07, 6.45) is -0.00413. The number of hydrogen-bond acceptors (Lipinski definition) is 4. The minimum absolute atomic E-state index is 0.0672. The highest BCUT2D eigenvalue weighted by molar-refractivity contribution is 7.89. The van der Waals surface area contributed by atoms with Crippen molar-refractivity contribution in [3.63, 3.8) is 0 Å². The van der Waals surface area contributed by atoms with Crippen LogP contribution in [0.3, 0.4) is 0 Å². The first-order chi connectivity index (χ1) is 12.7. The van der Waals surface area contributed by atoms with Crippen molar-refractivity contribution in [2.75, 3.05) is 5.32 Å². The lowest BCUT2D eigenvalue weighted by Gasteiger charge is -2.24. The van der Waals surface area contributed by atoms with Crippen molar-refractivity contribution in [1.82, 2.24) is 4.31 Å². The molecule has 0 radical (unpaired) electrons. The first-order valence-electron chi connectivity index (χ1n) is 8.10. The molecule has 1 heterocycles. The van der Waals surface area contributed by atoms with Crippen molar-refractivity contribution >= 4 is 39.1 Å². The van der Waals surface area contributed by atoms with E-state index in [1.54, 1.807) is 25.1 Å². The summed E-state index contributed by atoms with van der Waals surface area (Å²) in [4.78, 5) is 24.6. The maximum atomic E-state index is 13.1. The number of nitrogens with zero attached hydrogens (tertiary/aromatic N) is 1. The lowest BCUT2D eigenvalue weighted by Crippen LogP contribution is -2.45.